The van der Waals surface area contributed by atoms with Gasteiger partial charge in [-0.2, -0.15) is 0 Å². The maximum Gasteiger partial charge on any atom is 0.225 e. The fraction of sp³-hybridized carbons (Fsp3) is 0.625. The van der Waals surface area contributed by atoms with Crippen molar-refractivity contribution in [1.82, 2.24) is 9.97 Å². The molecule has 0 bridgehead atoms. The van der Waals surface area contributed by atoms with Gasteiger partial charge in [-0.05, 0) is 55.2 Å². The molecule has 0 radical (unpaired) electrons. The molecule has 2 heterocycles. The van der Waals surface area contributed by atoms with E-state index in [2.05, 4.69) is 42.1 Å². The molecular formula is C16H22ClN3S. The molecule has 3 nitrogen and oxygen atoms in total. The minimum Gasteiger partial charge on any atom is -0.367 e. The van der Waals surface area contributed by atoms with E-state index in [1.807, 2.05) is 0 Å². The summed E-state index contributed by atoms with van der Waals surface area (Å²) >= 11 is 7.80. The van der Waals surface area contributed by atoms with E-state index < -0.39 is 0 Å². The Kier molecular flexibility index (Phi) is 4.36. The third kappa shape index (κ3) is 3.16. The Bertz CT molecular complexity index is 640. The summed E-state index contributed by atoms with van der Waals surface area (Å²) in [5.74, 6) is 2.50. The van der Waals surface area contributed by atoms with Crippen molar-refractivity contribution in [1.29, 1.82) is 0 Å². The first-order valence-electron chi connectivity index (χ1n) is 7.79. The Hall–Kier alpha value is -0.870. The SMILES string of the molecule is CCc1cc2c(NC3CCC(C)C(C)C3)nc(Cl)nc2s1. The molecule has 1 aliphatic carbocycles. The number of anilines is 1. The van der Waals surface area contributed by atoms with Crippen LogP contribution in [-0.2, 0) is 6.42 Å². The summed E-state index contributed by atoms with van der Waals surface area (Å²) in [7, 11) is 0. The topological polar surface area (TPSA) is 37.8 Å². The third-order valence-electron chi connectivity index (χ3n) is 4.70. The lowest BCUT2D eigenvalue weighted by atomic mass is 9.79. The van der Waals surface area contributed by atoms with Crippen LogP contribution in [0.5, 0.6) is 0 Å². The van der Waals surface area contributed by atoms with Gasteiger partial charge < -0.3 is 5.32 Å². The average molecular weight is 324 g/mol. The van der Waals surface area contributed by atoms with Gasteiger partial charge in [0, 0.05) is 10.9 Å². The molecule has 5 heteroatoms. The van der Waals surface area contributed by atoms with Gasteiger partial charge in [-0.25, -0.2) is 9.97 Å². The molecule has 0 saturated heterocycles. The molecule has 0 aromatic carbocycles. The summed E-state index contributed by atoms with van der Waals surface area (Å²) in [6.07, 6.45) is 4.72. The van der Waals surface area contributed by atoms with Crippen LogP contribution in [-0.4, -0.2) is 16.0 Å². The predicted molar refractivity (Wildman–Crippen MR) is 91.4 cm³/mol. The zero-order valence-corrected chi connectivity index (χ0v) is 14.4. The first-order valence-corrected chi connectivity index (χ1v) is 8.98. The van der Waals surface area contributed by atoms with Crippen LogP contribution in [0.2, 0.25) is 5.28 Å². The highest BCUT2D eigenvalue weighted by Gasteiger charge is 2.25. The van der Waals surface area contributed by atoms with Gasteiger partial charge in [0.2, 0.25) is 5.28 Å². The van der Waals surface area contributed by atoms with E-state index in [9.17, 15) is 0 Å². The van der Waals surface area contributed by atoms with E-state index in [0.717, 1.165) is 34.3 Å². The number of hydrogen-bond acceptors (Lipinski definition) is 4. The van der Waals surface area contributed by atoms with E-state index in [-0.39, 0.29) is 0 Å². The van der Waals surface area contributed by atoms with Crippen molar-refractivity contribution in [3.05, 3.63) is 16.2 Å². The zero-order chi connectivity index (χ0) is 15.0. The molecule has 1 fully saturated rings. The number of hydrogen-bond donors (Lipinski definition) is 1. The lowest BCUT2D eigenvalue weighted by molar-refractivity contribution is 0.260. The van der Waals surface area contributed by atoms with Gasteiger partial charge >= 0.3 is 0 Å². The first kappa shape index (κ1) is 15.0. The van der Waals surface area contributed by atoms with Gasteiger partial charge in [-0.3, -0.25) is 0 Å². The zero-order valence-electron chi connectivity index (χ0n) is 12.8. The van der Waals surface area contributed by atoms with Crippen LogP contribution in [0.15, 0.2) is 6.07 Å². The molecule has 1 saturated carbocycles. The quantitative estimate of drug-likeness (QED) is 0.794. The normalized spacial score (nSPS) is 26.2. The van der Waals surface area contributed by atoms with Crippen LogP contribution in [0.4, 0.5) is 5.82 Å². The number of fused-ring (bicyclic) bond motifs is 1. The van der Waals surface area contributed by atoms with Crippen molar-refractivity contribution >= 4 is 39.0 Å². The van der Waals surface area contributed by atoms with Crippen molar-refractivity contribution in [2.45, 2.75) is 52.5 Å². The van der Waals surface area contributed by atoms with Crippen LogP contribution < -0.4 is 5.32 Å². The molecular weight excluding hydrogens is 302 g/mol. The van der Waals surface area contributed by atoms with Crippen LogP contribution in [0.3, 0.4) is 0 Å². The van der Waals surface area contributed by atoms with Crippen molar-refractivity contribution < 1.29 is 0 Å². The molecule has 114 valence electrons. The molecule has 0 amide bonds. The number of halogens is 1. The second kappa shape index (κ2) is 6.09. The molecule has 3 rings (SSSR count). The summed E-state index contributed by atoms with van der Waals surface area (Å²) in [4.78, 5) is 11.1. The summed E-state index contributed by atoms with van der Waals surface area (Å²) in [5, 5.41) is 5.08. The Morgan fingerprint density at radius 2 is 2.10 bits per heavy atom. The molecule has 0 spiro atoms. The van der Waals surface area contributed by atoms with Crippen LogP contribution in [0.25, 0.3) is 10.2 Å². The molecule has 3 unspecified atom stereocenters. The van der Waals surface area contributed by atoms with Crippen molar-refractivity contribution in [3.63, 3.8) is 0 Å². The molecule has 2 aromatic heterocycles. The van der Waals surface area contributed by atoms with Crippen LogP contribution >= 0.6 is 22.9 Å². The fourth-order valence-electron chi connectivity index (χ4n) is 3.10. The molecule has 1 aliphatic rings. The van der Waals surface area contributed by atoms with E-state index in [1.165, 1.54) is 24.1 Å². The van der Waals surface area contributed by atoms with Crippen LogP contribution in [0.1, 0.15) is 44.9 Å². The van der Waals surface area contributed by atoms with Gasteiger partial charge in [0.1, 0.15) is 10.6 Å². The molecule has 2 aromatic rings. The minimum absolute atomic E-state index is 0.340. The summed E-state index contributed by atoms with van der Waals surface area (Å²) < 4.78 is 0. The largest absolute Gasteiger partial charge is 0.367 e. The number of aromatic nitrogens is 2. The Morgan fingerprint density at radius 1 is 1.29 bits per heavy atom. The average Bonchev–Trinajstić information content (AvgIpc) is 2.86. The smallest absolute Gasteiger partial charge is 0.225 e. The third-order valence-corrected chi connectivity index (χ3v) is 6.05. The molecule has 1 N–H and O–H groups in total. The highest BCUT2D eigenvalue weighted by atomic mass is 35.5. The Labute approximate surface area is 135 Å². The van der Waals surface area contributed by atoms with Crippen molar-refractivity contribution in [2.24, 2.45) is 11.8 Å². The summed E-state index contributed by atoms with van der Waals surface area (Å²) in [5.41, 5.74) is 0. The number of aryl methyl sites for hydroxylation is 1. The van der Waals surface area contributed by atoms with Gasteiger partial charge in [-0.1, -0.05) is 20.8 Å². The lowest BCUT2D eigenvalue weighted by Crippen LogP contribution is -2.30. The fourth-order valence-corrected chi connectivity index (χ4v) is 4.29. The standard InChI is InChI=1S/C16H22ClN3S/c1-4-12-8-13-14(19-16(17)20-15(13)21-12)18-11-6-5-9(2)10(3)7-11/h8-11H,4-7H2,1-3H3,(H,18,19,20). The maximum atomic E-state index is 6.09. The van der Waals surface area contributed by atoms with Gasteiger partial charge in [0.25, 0.3) is 0 Å². The van der Waals surface area contributed by atoms with E-state index in [4.69, 9.17) is 11.6 Å². The summed E-state index contributed by atoms with van der Waals surface area (Å²) in [6.45, 7) is 6.87. The number of nitrogens with zero attached hydrogens (tertiary/aromatic N) is 2. The lowest BCUT2D eigenvalue weighted by Gasteiger charge is -2.32. The summed E-state index contributed by atoms with van der Waals surface area (Å²) in [6, 6.07) is 2.70. The van der Waals surface area contributed by atoms with Gasteiger partial charge in [-0.15, -0.1) is 11.3 Å². The first-order chi connectivity index (χ1) is 10.1. The number of rotatable bonds is 3. The predicted octanol–water partition coefficient (Wildman–Crippen LogP) is 5.14. The minimum atomic E-state index is 0.340. The van der Waals surface area contributed by atoms with E-state index >= 15 is 0 Å². The van der Waals surface area contributed by atoms with E-state index in [1.54, 1.807) is 11.3 Å². The molecule has 3 atom stereocenters. The second-order valence-electron chi connectivity index (χ2n) is 6.24. The van der Waals surface area contributed by atoms with Crippen LogP contribution in [0, 0.1) is 11.8 Å². The van der Waals surface area contributed by atoms with Crippen molar-refractivity contribution in [2.75, 3.05) is 5.32 Å². The highest BCUT2D eigenvalue weighted by molar-refractivity contribution is 7.18. The Balaban J connectivity index is 1.87. The Morgan fingerprint density at radius 3 is 2.81 bits per heavy atom. The van der Waals surface area contributed by atoms with Crippen molar-refractivity contribution in [3.8, 4) is 0 Å². The second-order valence-corrected chi connectivity index (χ2v) is 7.69. The monoisotopic (exact) mass is 323 g/mol. The number of nitrogens with one attached hydrogen (secondary N) is 1. The number of thiophene rings is 1. The highest BCUT2D eigenvalue weighted by Crippen LogP contribution is 2.34. The maximum absolute atomic E-state index is 6.09. The molecule has 0 aliphatic heterocycles. The molecule has 21 heavy (non-hydrogen) atoms. The van der Waals surface area contributed by atoms with Gasteiger partial charge in [0.15, 0.2) is 0 Å². The van der Waals surface area contributed by atoms with E-state index in [0.29, 0.717) is 11.3 Å². The van der Waals surface area contributed by atoms with Gasteiger partial charge in [0.05, 0.1) is 5.39 Å².